The van der Waals surface area contributed by atoms with E-state index in [1.165, 1.54) is 25.8 Å². The molecular formula is C16H25N3O. The minimum Gasteiger partial charge on any atom is -0.383 e. The Labute approximate surface area is 121 Å². The fourth-order valence-corrected chi connectivity index (χ4v) is 2.66. The lowest BCUT2D eigenvalue weighted by atomic mass is 10.0. The molecule has 1 amide bonds. The molecule has 0 bridgehead atoms. The first kappa shape index (κ1) is 14.9. The number of amides is 1. The Kier molecular flexibility index (Phi) is 5.01. The maximum absolute atomic E-state index is 11.9. The van der Waals surface area contributed by atoms with Crippen LogP contribution in [0.1, 0.15) is 29.6 Å². The summed E-state index contributed by atoms with van der Waals surface area (Å²) in [6.45, 7) is 2.13. The van der Waals surface area contributed by atoms with Crippen molar-refractivity contribution in [2.24, 2.45) is 0 Å². The lowest BCUT2D eigenvalue weighted by molar-refractivity contribution is 0.0827. The fourth-order valence-electron chi connectivity index (χ4n) is 2.66. The van der Waals surface area contributed by atoms with Gasteiger partial charge in [-0.1, -0.05) is 12.5 Å². The van der Waals surface area contributed by atoms with E-state index in [2.05, 4.69) is 17.3 Å². The van der Waals surface area contributed by atoms with Crippen molar-refractivity contribution in [3.05, 3.63) is 29.8 Å². The van der Waals surface area contributed by atoms with Gasteiger partial charge in [0.2, 0.25) is 0 Å². The summed E-state index contributed by atoms with van der Waals surface area (Å²) in [7, 11) is 5.75. The second-order valence-electron chi connectivity index (χ2n) is 5.79. The van der Waals surface area contributed by atoms with Crippen LogP contribution in [0.5, 0.6) is 0 Å². The molecule has 1 unspecified atom stereocenters. The Morgan fingerprint density at radius 2 is 2.20 bits per heavy atom. The van der Waals surface area contributed by atoms with Crippen LogP contribution in [0.3, 0.4) is 0 Å². The van der Waals surface area contributed by atoms with Crippen molar-refractivity contribution in [2.45, 2.75) is 25.3 Å². The van der Waals surface area contributed by atoms with Gasteiger partial charge in [0.25, 0.3) is 5.91 Å². The zero-order valence-corrected chi connectivity index (χ0v) is 12.7. The number of benzene rings is 1. The number of carbonyl (C=O) groups is 1. The minimum absolute atomic E-state index is 0.0448. The molecule has 110 valence electrons. The SMILES string of the molecule is CN(C)C(=O)c1cccc(NCC2CCCCN2C)c1. The summed E-state index contributed by atoms with van der Waals surface area (Å²) < 4.78 is 0. The molecule has 1 fully saturated rings. The second kappa shape index (κ2) is 6.75. The highest BCUT2D eigenvalue weighted by molar-refractivity contribution is 5.94. The zero-order chi connectivity index (χ0) is 14.5. The Balaban J connectivity index is 1.96. The molecule has 2 rings (SSSR count). The molecule has 20 heavy (non-hydrogen) atoms. The largest absolute Gasteiger partial charge is 0.383 e. The normalized spacial score (nSPS) is 19.6. The number of carbonyl (C=O) groups excluding carboxylic acids is 1. The molecule has 1 aromatic rings. The van der Waals surface area contributed by atoms with Crippen LogP contribution in [-0.2, 0) is 0 Å². The van der Waals surface area contributed by atoms with Gasteiger partial charge in [0.05, 0.1) is 0 Å². The van der Waals surface area contributed by atoms with E-state index in [1.807, 2.05) is 24.3 Å². The maximum atomic E-state index is 11.9. The average Bonchev–Trinajstić information content (AvgIpc) is 2.46. The third-order valence-corrected chi connectivity index (χ3v) is 3.98. The van der Waals surface area contributed by atoms with Crippen LogP contribution < -0.4 is 5.32 Å². The summed E-state index contributed by atoms with van der Waals surface area (Å²) in [5.74, 6) is 0.0448. The standard InChI is InChI=1S/C16H25N3O/c1-18(2)16(20)13-7-6-8-14(11-13)17-12-15-9-4-5-10-19(15)3/h6-8,11,15,17H,4-5,9-10,12H2,1-3H3. The molecule has 0 saturated carbocycles. The van der Waals surface area contributed by atoms with Crippen molar-refractivity contribution in [2.75, 3.05) is 39.5 Å². The van der Waals surface area contributed by atoms with E-state index in [4.69, 9.17) is 0 Å². The van der Waals surface area contributed by atoms with E-state index in [0.29, 0.717) is 6.04 Å². The van der Waals surface area contributed by atoms with Crippen LogP contribution in [-0.4, -0.2) is 56.0 Å². The number of hydrogen-bond donors (Lipinski definition) is 1. The van der Waals surface area contributed by atoms with E-state index >= 15 is 0 Å². The number of hydrogen-bond acceptors (Lipinski definition) is 3. The van der Waals surface area contributed by atoms with Gasteiger partial charge < -0.3 is 15.1 Å². The molecule has 0 aromatic heterocycles. The van der Waals surface area contributed by atoms with Gasteiger partial charge in [-0.2, -0.15) is 0 Å². The number of likely N-dealkylation sites (tertiary alicyclic amines) is 1. The molecule has 1 atom stereocenters. The molecule has 0 radical (unpaired) electrons. The van der Waals surface area contributed by atoms with E-state index in [0.717, 1.165) is 17.8 Å². The van der Waals surface area contributed by atoms with Gasteiger partial charge in [-0.3, -0.25) is 4.79 Å². The highest BCUT2D eigenvalue weighted by Crippen LogP contribution is 2.17. The van der Waals surface area contributed by atoms with E-state index in [1.54, 1.807) is 19.0 Å². The number of nitrogens with one attached hydrogen (secondary N) is 1. The summed E-state index contributed by atoms with van der Waals surface area (Å²) in [5.41, 5.74) is 1.76. The van der Waals surface area contributed by atoms with Gasteiger partial charge in [-0.05, 0) is 44.6 Å². The molecule has 1 aliphatic rings. The van der Waals surface area contributed by atoms with Gasteiger partial charge in [0, 0.05) is 37.9 Å². The quantitative estimate of drug-likeness (QED) is 0.915. The summed E-state index contributed by atoms with van der Waals surface area (Å²) in [6, 6.07) is 8.35. The van der Waals surface area contributed by atoms with Crippen LogP contribution in [0.4, 0.5) is 5.69 Å². The van der Waals surface area contributed by atoms with Gasteiger partial charge in [-0.25, -0.2) is 0 Å². The number of nitrogens with zero attached hydrogens (tertiary/aromatic N) is 2. The Morgan fingerprint density at radius 3 is 2.90 bits per heavy atom. The topological polar surface area (TPSA) is 35.6 Å². The maximum Gasteiger partial charge on any atom is 0.253 e. The molecule has 4 nitrogen and oxygen atoms in total. The predicted molar refractivity (Wildman–Crippen MR) is 83.2 cm³/mol. The van der Waals surface area contributed by atoms with E-state index < -0.39 is 0 Å². The second-order valence-corrected chi connectivity index (χ2v) is 5.79. The van der Waals surface area contributed by atoms with Crippen molar-refractivity contribution in [3.8, 4) is 0 Å². The van der Waals surface area contributed by atoms with Gasteiger partial charge >= 0.3 is 0 Å². The fraction of sp³-hybridized carbons (Fsp3) is 0.562. The zero-order valence-electron chi connectivity index (χ0n) is 12.7. The third-order valence-electron chi connectivity index (χ3n) is 3.98. The first-order chi connectivity index (χ1) is 9.58. The molecule has 0 aliphatic carbocycles. The summed E-state index contributed by atoms with van der Waals surface area (Å²) in [6.07, 6.45) is 3.87. The van der Waals surface area contributed by atoms with E-state index in [9.17, 15) is 4.79 Å². The van der Waals surface area contributed by atoms with Crippen LogP contribution in [0.2, 0.25) is 0 Å². The predicted octanol–water partition coefficient (Wildman–Crippen LogP) is 2.28. The lowest BCUT2D eigenvalue weighted by Gasteiger charge is -2.32. The molecule has 1 saturated heterocycles. The molecule has 1 aromatic carbocycles. The van der Waals surface area contributed by atoms with Gasteiger partial charge in [0.15, 0.2) is 0 Å². The monoisotopic (exact) mass is 275 g/mol. The first-order valence-electron chi connectivity index (χ1n) is 7.34. The smallest absolute Gasteiger partial charge is 0.253 e. The first-order valence-corrected chi connectivity index (χ1v) is 7.34. The Hall–Kier alpha value is -1.55. The minimum atomic E-state index is 0.0448. The highest BCUT2D eigenvalue weighted by Gasteiger charge is 2.18. The summed E-state index contributed by atoms with van der Waals surface area (Å²) in [5, 5.41) is 3.47. The van der Waals surface area contributed by atoms with Crippen molar-refractivity contribution < 1.29 is 4.79 Å². The van der Waals surface area contributed by atoms with Gasteiger partial charge in [0.1, 0.15) is 0 Å². The van der Waals surface area contributed by atoms with Crippen molar-refractivity contribution in [1.82, 2.24) is 9.80 Å². The van der Waals surface area contributed by atoms with Crippen LogP contribution in [0.15, 0.2) is 24.3 Å². The Morgan fingerprint density at radius 1 is 1.40 bits per heavy atom. The number of anilines is 1. The van der Waals surface area contributed by atoms with Crippen LogP contribution in [0.25, 0.3) is 0 Å². The van der Waals surface area contributed by atoms with Gasteiger partial charge in [-0.15, -0.1) is 0 Å². The molecule has 1 heterocycles. The van der Waals surface area contributed by atoms with Crippen molar-refractivity contribution in [3.63, 3.8) is 0 Å². The highest BCUT2D eigenvalue weighted by atomic mass is 16.2. The van der Waals surface area contributed by atoms with Crippen molar-refractivity contribution in [1.29, 1.82) is 0 Å². The van der Waals surface area contributed by atoms with Crippen molar-refractivity contribution >= 4 is 11.6 Å². The summed E-state index contributed by atoms with van der Waals surface area (Å²) >= 11 is 0. The lowest BCUT2D eigenvalue weighted by Crippen LogP contribution is -2.40. The molecule has 1 N–H and O–H groups in total. The molecule has 4 heteroatoms. The Bertz CT molecular complexity index is 459. The van der Waals surface area contributed by atoms with Crippen LogP contribution >= 0.6 is 0 Å². The number of likely N-dealkylation sites (N-methyl/N-ethyl adjacent to an activating group) is 1. The number of piperidine rings is 1. The summed E-state index contributed by atoms with van der Waals surface area (Å²) in [4.78, 5) is 16.0. The van der Waals surface area contributed by atoms with Crippen LogP contribution in [0, 0.1) is 0 Å². The third kappa shape index (κ3) is 3.73. The molecule has 0 spiro atoms. The van der Waals surface area contributed by atoms with E-state index in [-0.39, 0.29) is 5.91 Å². The number of rotatable bonds is 4. The average molecular weight is 275 g/mol. The molecular weight excluding hydrogens is 250 g/mol. The molecule has 1 aliphatic heterocycles.